The van der Waals surface area contributed by atoms with Gasteiger partial charge in [-0.05, 0) is 124 Å². The Kier molecular flexibility index (Phi) is 40.0. The van der Waals surface area contributed by atoms with Gasteiger partial charge in [-0.2, -0.15) is 0 Å². The number of hydrogen-bond donors (Lipinski definition) is 1. The number of aromatic amines is 1. The molecule has 1 fully saturated rings. The van der Waals surface area contributed by atoms with E-state index in [-0.39, 0.29) is 49.2 Å². The molecule has 292 valence electrons. The second-order valence-corrected chi connectivity index (χ2v) is 17.0. The zero-order chi connectivity index (χ0) is 38.2. The summed E-state index contributed by atoms with van der Waals surface area (Å²) in [6.45, 7) is 17.0. The largest absolute Gasteiger partial charge is 0.453 e. The highest BCUT2D eigenvalue weighted by atomic mass is 80.9. The summed E-state index contributed by atoms with van der Waals surface area (Å²) in [4.78, 5) is 39.9. The molecule has 0 spiro atoms. The summed E-state index contributed by atoms with van der Waals surface area (Å²) in [6.07, 6.45) is 5.97. The predicted octanol–water partition coefficient (Wildman–Crippen LogP) is 11.3. The quantitative estimate of drug-likeness (QED) is 0.101. The highest BCUT2D eigenvalue weighted by Gasteiger charge is 2.31. The summed E-state index contributed by atoms with van der Waals surface area (Å²) < 4.78 is 25.9. The van der Waals surface area contributed by atoms with Crippen LogP contribution in [0.5, 0.6) is 0 Å². The number of nitrogens with zero attached hydrogens (tertiary/aromatic N) is 7. The van der Waals surface area contributed by atoms with Gasteiger partial charge in [0.2, 0.25) is 0 Å². The van der Waals surface area contributed by atoms with Gasteiger partial charge in [0.05, 0.1) is 22.2 Å². The first-order valence-corrected chi connectivity index (χ1v) is 23.0. The summed E-state index contributed by atoms with van der Waals surface area (Å²) in [6, 6.07) is 5.10. The van der Waals surface area contributed by atoms with Crippen LogP contribution in [0, 0.1) is 41.5 Å². The molecule has 5 heterocycles. The van der Waals surface area contributed by atoms with Gasteiger partial charge < -0.3 is 18.7 Å². The lowest BCUT2D eigenvalue weighted by Gasteiger charge is -2.25. The third-order valence-corrected chi connectivity index (χ3v) is 6.17. The normalized spacial score (nSPS) is 10.8. The summed E-state index contributed by atoms with van der Waals surface area (Å²) >= 11 is 28.2. The van der Waals surface area contributed by atoms with Crippen molar-refractivity contribution in [3.05, 3.63) is 97.7 Å². The third-order valence-electron chi connectivity index (χ3n) is 4.81. The lowest BCUT2D eigenvalue weighted by molar-refractivity contribution is 0.294. The molecule has 13 nitrogen and oxygen atoms in total. The molecule has 0 aliphatic carbocycles. The van der Waals surface area contributed by atoms with Gasteiger partial charge in [-0.3, -0.25) is 9.36 Å². The maximum absolute atomic E-state index is 10.4. The first kappa shape index (κ1) is 60.3. The molecule has 1 aliphatic heterocycles. The molecule has 1 saturated heterocycles. The van der Waals surface area contributed by atoms with Crippen LogP contribution >= 0.6 is 94.7 Å². The average Bonchev–Trinajstić information content (AvgIpc) is 2.96. The Morgan fingerprint density at radius 2 is 0.962 bits per heavy atom. The summed E-state index contributed by atoms with van der Waals surface area (Å²) in [5.74, 6) is 0. The van der Waals surface area contributed by atoms with Gasteiger partial charge in [-0.15, -0.1) is 0 Å². The summed E-state index contributed by atoms with van der Waals surface area (Å²) in [5, 5.41) is -2.72. The van der Waals surface area contributed by atoms with Crippen LogP contribution in [0.4, 0.5) is 0 Å². The van der Waals surface area contributed by atoms with Crippen LogP contribution < -0.4 is 5.56 Å². The minimum Gasteiger partial charge on any atom is -0.453 e. The molecular formula is C28H47B3Br3Cl4N8O5P. The Labute approximate surface area is 353 Å². The zero-order valence-electron chi connectivity index (χ0n) is 28.0. The highest BCUT2D eigenvalue weighted by molar-refractivity contribution is 9.93. The van der Waals surface area contributed by atoms with E-state index in [1.54, 1.807) is 25.6 Å². The number of aromatic nitrogens is 8. The second kappa shape index (κ2) is 34.5. The smallest absolute Gasteiger partial charge is 0.426 e. The van der Waals surface area contributed by atoms with E-state index in [0.717, 1.165) is 38.6 Å². The van der Waals surface area contributed by atoms with Crippen LogP contribution in [0.3, 0.4) is 0 Å². The number of hydrogen-bond acceptors (Lipinski definition) is 12. The Bertz CT molecular complexity index is 1480. The molecule has 4 aromatic heterocycles. The van der Waals surface area contributed by atoms with E-state index in [4.69, 9.17) is 25.3 Å². The fourth-order valence-corrected chi connectivity index (χ4v) is 3.37. The van der Waals surface area contributed by atoms with E-state index in [0.29, 0.717) is 5.15 Å². The standard InChI is InChI=1S/C6H7BrN2.C6H8N2.C5H5ClN2.C5H6N2O.C3H9B3O3.3CH4.Br2.Cl3OP/c1-4-6(7)5(2)9-3-8-4;1-5-3-6(2)8-4-7-5;1-4-2-5(6)8-3-7-4;1-4-2-5(8)7-3-6-4;1-4-7-5(2)9-6(3)8-4;;;;1-2;1-5(2,3)4/h3H,1-2H3;3-4H,1-2H3;2-3H,1H3;2-3H,1H3,(H,6,7,8);1-3H3;3*1H4;;. The van der Waals surface area contributed by atoms with Crippen LogP contribution in [0.25, 0.3) is 0 Å². The Balaban J connectivity index is -0.000000168. The molecule has 1 aliphatic rings. The number of halogens is 7. The van der Waals surface area contributed by atoms with Crippen molar-refractivity contribution in [1.82, 2.24) is 39.9 Å². The lowest BCUT2D eigenvalue weighted by atomic mass is 9.74. The Morgan fingerprint density at radius 3 is 1.19 bits per heavy atom. The minimum atomic E-state index is -3.22. The van der Waals surface area contributed by atoms with Gasteiger partial charge in [-0.1, -0.05) is 33.9 Å². The fourth-order valence-electron chi connectivity index (χ4n) is 2.96. The lowest BCUT2D eigenvalue weighted by Crippen LogP contribution is -2.44. The van der Waals surface area contributed by atoms with E-state index >= 15 is 0 Å². The molecule has 0 aromatic carbocycles. The van der Waals surface area contributed by atoms with E-state index in [1.165, 1.54) is 18.7 Å². The second-order valence-electron chi connectivity index (χ2n) is 9.20. The highest BCUT2D eigenvalue weighted by Crippen LogP contribution is 2.61. The zero-order valence-corrected chi connectivity index (χ0v) is 36.7. The van der Waals surface area contributed by atoms with Crippen molar-refractivity contribution in [2.24, 2.45) is 0 Å². The van der Waals surface area contributed by atoms with Gasteiger partial charge >= 0.3 is 26.6 Å². The minimum absolute atomic E-state index is 0. The maximum atomic E-state index is 10.4. The average molecular weight is 1020 g/mol. The predicted molar refractivity (Wildman–Crippen MR) is 233 cm³/mol. The van der Waals surface area contributed by atoms with Crippen molar-refractivity contribution in [2.45, 2.75) is 84.3 Å². The molecule has 52 heavy (non-hydrogen) atoms. The molecule has 0 saturated carbocycles. The third kappa shape index (κ3) is 37.3. The molecule has 0 amide bonds. The number of nitrogens with one attached hydrogen (secondary N) is 1. The van der Waals surface area contributed by atoms with Crippen molar-refractivity contribution < 1.29 is 18.3 Å². The van der Waals surface area contributed by atoms with Gasteiger partial charge in [0.1, 0.15) is 24.1 Å². The molecule has 0 bridgehead atoms. The first-order chi connectivity index (χ1) is 22.8. The van der Waals surface area contributed by atoms with E-state index in [9.17, 15) is 9.36 Å². The molecule has 4 aromatic rings. The number of rotatable bonds is 0. The van der Waals surface area contributed by atoms with Crippen molar-refractivity contribution >= 4 is 116 Å². The maximum Gasteiger partial charge on any atom is 0.426 e. The monoisotopic (exact) mass is 1020 g/mol. The van der Waals surface area contributed by atoms with Gasteiger partial charge in [0.25, 0.3) is 5.56 Å². The molecule has 1 N–H and O–H groups in total. The van der Waals surface area contributed by atoms with Crippen LogP contribution in [0.15, 0.2) is 52.8 Å². The van der Waals surface area contributed by atoms with Gasteiger partial charge in [0.15, 0.2) is 0 Å². The van der Waals surface area contributed by atoms with Crippen LogP contribution in [0.2, 0.25) is 25.6 Å². The molecule has 0 atom stereocenters. The van der Waals surface area contributed by atoms with Crippen molar-refractivity contribution in [1.29, 1.82) is 0 Å². The number of H-pyrrole nitrogens is 1. The van der Waals surface area contributed by atoms with Crippen LogP contribution in [-0.2, 0) is 18.3 Å². The Morgan fingerprint density at radius 1 is 0.635 bits per heavy atom. The topological polar surface area (TPSA) is 168 Å². The first-order valence-electron chi connectivity index (χ1n) is 13.7. The SMILES string of the molecule is BrBr.C.C.C.CB1OB(C)OB(C)O1.Cc1cc(=O)[nH]cn1.Cc1cc(C)ncn1.Cc1cc(Cl)ncn1.Cc1ncnc(C)c1Br.O=P(Cl)(Cl)Cl. The van der Waals surface area contributed by atoms with Gasteiger partial charge in [-0.25, -0.2) is 34.9 Å². The van der Waals surface area contributed by atoms with Crippen LogP contribution in [0.1, 0.15) is 56.4 Å². The van der Waals surface area contributed by atoms with E-state index in [2.05, 4.69) is 118 Å². The van der Waals surface area contributed by atoms with Crippen molar-refractivity contribution in [3.63, 3.8) is 0 Å². The van der Waals surface area contributed by atoms with E-state index < -0.39 is 5.20 Å². The fraction of sp³-hybridized carbons (Fsp3) is 0.429. The van der Waals surface area contributed by atoms with Crippen molar-refractivity contribution in [2.75, 3.05) is 0 Å². The molecule has 5 rings (SSSR count). The van der Waals surface area contributed by atoms with Crippen LogP contribution in [-0.4, -0.2) is 61.2 Å². The molecule has 0 unspecified atom stereocenters. The van der Waals surface area contributed by atoms with Gasteiger partial charge in [0, 0.05) is 57.1 Å². The number of aryl methyl sites for hydroxylation is 6. The Hall–Kier alpha value is -0.975. The molecule has 0 radical (unpaired) electrons. The summed E-state index contributed by atoms with van der Waals surface area (Å²) in [5.41, 5.74) is 5.57. The van der Waals surface area contributed by atoms with E-state index in [1.807, 2.05) is 61.2 Å². The van der Waals surface area contributed by atoms with Crippen molar-refractivity contribution in [3.8, 4) is 0 Å². The summed E-state index contributed by atoms with van der Waals surface area (Å²) in [7, 11) is -0.406. The molecular weight excluding hydrogens is 973 g/mol. The molecule has 24 heteroatoms.